The van der Waals surface area contributed by atoms with Crippen molar-refractivity contribution in [3.63, 3.8) is 0 Å². The number of ether oxygens (including phenoxy) is 1. The van der Waals surface area contributed by atoms with E-state index in [9.17, 15) is 40.3 Å². The highest BCUT2D eigenvalue weighted by molar-refractivity contribution is 7.89. The van der Waals surface area contributed by atoms with Crippen LogP contribution in [0.3, 0.4) is 0 Å². The predicted octanol–water partition coefficient (Wildman–Crippen LogP) is 5.69. The average Bonchev–Trinajstić information content (AvgIpc) is 3.45. The number of anilines is 1. The summed E-state index contributed by atoms with van der Waals surface area (Å²) < 4.78 is 94.5. The highest BCUT2D eigenvalue weighted by Gasteiger charge is 2.41. The second-order valence-electron chi connectivity index (χ2n) is 9.60. The zero-order valence-corrected chi connectivity index (χ0v) is 25.0. The van der Waals surface area contributed by atoms with Crippen LogP contribution in [0.4, 0.5) is 27.1 Å². The van der Waals surface area contributed by atoms with Crippen molar-refractivity contribution in [3.05, 3.63) is 77.8 Å². The molecule has 0 aliphatic carbocycles. The number of carboxylic acid groups (broad SMARTS) is 1. The molecule has 2 aromatic heterocycles. The van der Waals surface area contributed by atoms with Crippen LogP contribution in [0.5, 0.6) is 5.75 Å². The maximum Gasteiger partial charge on any atom is 0.573 e. The first-order valence-electron chi connectivity index (χ1n) is 13.2. The average molecular weight is 674 g/mol. The Labute approximate surface area is 258 Å². The number of piperazine rings is 1. The number of sulfonamides is 1. The van der Waals surface area contributed by atoms with Crippen molar-refractivity contribution in [2.45, 2.75) is 43.1 Å². The highest BCUT2D eigenvalue weighted by Crippen LogP contribution is 2.32. The summed E-state index contributed by atoms with van der Waals surface area (Å²) in [7, 11) is -4.29. The van der Waals surface area contributed by atoms with E-state index in [0.29, 0.717) is 10.6 Å². The molecule has 4 aromatic rings. The predicted molar refractivity (Wildman–Crippen MR) is 155 cm³/mol. The van der Waals surface area contributed by atoms with Crippen LogP contribution in [0.15, 0.2) is 65.8 Å². The van der Waals surface area contributed by atoms with Crippen LogP contribution in [-0.2, 0) is 27.3 Å². The molecule has 0 bridgehead atoms. The van der Waals surface area contributed by atoms with Crippen LogP contribution in [0.25, 0.3) is 16.0 Å². The van der Waals surface area contributed by atoms with Crippen molar-refractivity contribution in [1.29, 1.82) is 0 Å². The van der Waals surface area contributed by atoms with Gasteiger partial charge in [-0.05, 0) is 24.3 Å². The van der Waals surface area contributed by atoms with Crippen LogP contribution in [0.2, 0.25) is 0 Å². The van der Waals surface area contributed by atoms with Gasteiger partial charge in [0.15, 0.2) is 5.13 Å². The quantitative estimate of drug-likeness (QED) is 0.233. The van der Waals surface area contributed by atoms with E-state index in [-0.39, 0.29) is 43.1 Å². The third-order valence-corrected chi connectivity index (χ3v) is 9.66. The number of hydrogen-bond acceptors (Lipinski definition) is 9. The van der Waals surface area contributed by atoms with Gasteiger partial charge < -0.3 is 20.5 Å². The van der Waals surface area contributed by atoms with E-state index in [1.54, 1.807) is 17.0 Å². The van der Waals surface area contributed by atoms with Crippen molar-refractivity contribution < 1.29 is 45.0 Å². The Morgan fingerprint density at radius 2 is 1.69 bits per heavy atom. The maximum absolute atomic E-state index is 13.1. The van der Waals surface area contributed by atoms with Crippen molar-refractivity contribution in [2.75, 3.05) is 24.5 Å². The van der Waals surface area contributed by atoms with Gasteiger partial charge >= 0.3 is 12.3 Å². The van der Waals surface area contributed by atoms with E-state index in [4.69, 9.17) is 5.73 Å². The molecule has 1 fully saturated rings. The van der Waals surface area contributed by atoms with Gasteiger partial charge in [-0.3, -0.25) is 4.79 Å². The zero-order valence-electron chi connectivity index (χ0n) is 23.4. The van der Waals surface area contributed by atoms with Gasteiger partial charge in [0.05, 0.1) is 22.0 Å². The summed E-state index contributed by atoms with van der Waals surface area (Å²) in [4.78, 5) is 17.6. The molecular weight excluding hydrogens is 647 g/mol. The molecule has 3 heterocycles. The molecule has 2 aromatic carbocycles. The van der Waals surface area contributed by atoms with Crippen molar-refractivity contribution in [3.8, 4) is 5.75 Å². The molecule has 1 saturated heterocycles. The summed E-state index contributed by atoms with van der Waals surface area (Å²) in [5, 5.41) is 17.7. The van der Waals surface area contributed by atoms with Crippen LogP contribution < -0.4 is 9.64 Å². The van der Waals surface area contributed by atoms with Crippen LogP contribution in [0.1, 0.15) is 24.5 Å². The Hall–Kier alpha value is -4.00. The minimum absolute atomic E-state index is 0.0344. The normalized spacial score (nSPS) is 16.2. The number of hydrogen-bond donors (Lipinski definition) is 1. The monoisotopic (exact) mass is 673 g/mol. The third kappa shape index (κ3) is 8.19. The number of carboxylic acids is 1. The van der Waals surface area contributed by atoms with Gasteiger partial charge in [0, 0.05) is 31.6 Å². The minimum Gasteiger partial charge on any atom is -0.674 e. The number of aliphatic carboxylic acids is 1. The Balaban J connectivity index is 0.000000297. The number of halogens is 5. The number of alkyl halides is 5. The van der Waals surface area contributed by atoms with Gasteiger partial charge in [0.25, 0.3) is 5.92 Å². The van der Waals surface area contributed by atoms with Gasteiger partial charge in [-0.2, -0.15) is 14.5 Å². The summed E-state index contributed by atoms with van der Waals surface area (Å²) in [6.07, 6.45) is -2.11. The summed E-state index contributed by atoms with van der Waals surface area (Å²) in [6, 6.07) is 8.11. The maximum atomic E-state index is 13.1. The molecule has 1 aliphatic rings. The Morgan fingerprint density at radius 3 is 2.24 bits per heavy atom. The molecule has 45 heavy (non-hydrogen) atoms. The standard InChI is InChI=1S/C17H14F3N5O5S2.C10H12F2N/c18-17(19,20)30-10-1-3-11(4-2-10)32(28,29)25-6-5-24(9-13(25)15(26)27)16-23-12-7-21-22-8-14(12)31-16;1-2-10(11,12)9-5-3-8(7-13)4-6-9/h1-4,7-8,13H,5-6,9H2,(H,26,27);3-6,13H,2,7H2,1H3/q;-1/t13-;/m1./s1. The summed E-state index contributed by atoms with van der Waals surface area (Å²) in [6.45, 7) is 1.44. The Morgan fingerprint density at radius 1 is 1.04 bits per heavy atom. The molecule has 0 spiro atoms. The number of aromatic nitrogens is 3. The van der Waals surface area contributed by atoms with E-state index < -0.39 is 40.1 Å². The van der Waals surface area contributed by atoms with Crippen LogP contribution in [-0.4, -0.2) is 71.0 Å². The summed E-state index contributed by atoms with van der Waals surface area (Å²) >= 11 is 1.27. The fraction of sp³-hybridized carbons (Fsp3) is 0.333. The van der Waals surface area contributed by atoms with Crippen molar-refractivity contribution >= 4 is 42.7 Å². The minimum atomic E-state index is -4.92. The van der Waals surface area contributed by atoms with Gasteiger partial charge in [-0.15, -0.1) is 19.7 Å². The number of rotatable bonds is 8. The largest absolute Gasteiger partial charge is 0.674 e. The Bertz CT molecular complexity index is 1690. The molecule has 0 unspecified atom stereocenters. The third-order valence-electron chi connectivity index (χ3n) is 6.67. The number of nitrogens with zero attached hydrogens (tertiary/aromatic N) is 5. The first-order valence-corrected chi connectivity index (χ1v) is 15.4. The van der Waals surface area contributed by atoms with Gasteiger partial charge in [0.1, 0.15) is 17.3 Å². The number of fused-ring (bicyclic) bond motifs is 1. The van der Waals surface area contributed by atoms with E-state index in [2.05, 4.69) is 19.9 Å². The molecule has 18 heteroatoms. The van der Waals surface area contributed by atoms with Crippen molar-refractivity contribution in [2.24, 2.45) is 0 Å². The molecule has 1 aliphatic heterocycles. The first kappa shape index (κ1) is 33.9. The molecule has 5 rings (SSSR count). The molecule has 11 nitrogen and oxygen atoms in total. The van der Waals surface area contributed by atoms with Gasteiger partial charge in [0.2, 0.25) is 10.0 Å². The number of benzene rings is 2. The lowest BCUT2D eigenvalue weighted by Gasteiger charge is -2.38. The lowest BCUT2D eigenvalue weighted by Crippen LogP contribution is -2.58. The number of thiazole rings is 1. The van der Waals surface area contributed by atoms with Crippen LogP contribution >= 0.6 is 11.3 Å². The molecular formula is C27H26F5N6O5S2-. The fourth-order valence-electron chi connectivity index (χ4n) is 4.27. The fourth-order valence-corrected chi connectivity index (χ4v) is 6.78. The van der Waals surface area contributed by atoms with E-state index in [0.717, 1.165) is 38.8 Å². The molecule has 0 saturated carbocycles. The first-order chi connectivity index (χ1) is 21.1. The smallest absolute Gasteiger partial charge is 0.573 e. The molecule has 1 atom stereocenters. The highest BCUT2D eigenvalue weighted by atomic mass is 32.2. The van der Waals surface area contributed by atoms with E-state index in [1.165, 1.54) is 42.8 Å². The van der Waals surface area contributed by atoms with Gasteiger partial charge in [-0.25, -0.2) is 22.2 Å². The van der Waals surface area contributed by atoms with E-state index >= 15 is 0 Å². The zero-order chi connectivity index (χ0) is 33.0. The topological polar surface area (TPSA) is 150 Å². The lowest BCUT2D eigenvalue weighted by molar-refractivity contribution is -0.274. The molecule has 242 valence electrons. The molecule has 2 N–H and O–H groups in total. The van der Waals surface area contributed by atoms with Crippen molar-refractivity contribution in [1.82, 2.24) is 19.5 Å². The molecule has 0 amide bonds. The summed E-state index contributed by atoms with van der Waals surface area (Å²) in [5.41, 5.74) is 8.41. The number of carbonyl (C=O) groups is 1. The van der Waals surface area contributed by atoms with Crippen LogP contribution in [0, 0.1) is 0 Å². The lowest BCUT2D eigenvalue weighted by atomic mass is 10.0. The Kier molecular flexibility index (Phi) is 10.2. The SMILES string of the molecule is CCC(F)(F)c1ccc(C[NH-])cc1.O=C(O)[C@H]1CN(c2nc3cnncc3s2)CCN1S(=O)(=O)c1ccc(OC(F)(F)F)cc1. The number of nitrogens with one attached hydrogen (secondary N) is 1. The van der Waals surface area contributed by atoms with Gasteiger partial charge in [-0.1, -0.05) is 48.1 Å². The molecule has 0 radical (unpaired) electrons. The second kappa shape index (κ2) is 13.6. The van der Waals surface area contributed by atoms with E-state index in [1.807, 2.05) is 0 Å². The second-order valence-corrected chi connectivity index (χ2v) is 12.5. The summed E-state index contributed by atoms with van der Waals surface area (Å²) in [5.74, 6) is -4.68.